The first-order valence-electron chi connectivity index (χ1n) is 5.49. The van der Waals surface area contributed by atoms with E-state index < -0.39 is 0 Å². The molecule has 0 heterocycles. The van der Waals surface area contributed by atoms with Crippen molar-refractivity contribution in [3.8, 4) is 0 Å². The lowest BCUT2D eigenvalue weighted by molar-refractivity contribution is 0.425. The van der Waals surface area contributed by atoms with Crippen LogP contribution in [0.1, 0.15) is 39.0 Å². The van der Waals surface area contributed by atoms with Gasteiger partial charge in [-0.15, -0.1) is 0 Å². The van der Waals surface area contributed by atoms with Gasteiger partial charge >= 0.3 is 0 Å². The third-order valence-electron chi connectivity index (χ3n) is 3.48. The molecule has 2 aliphatic rings. The molecule has 0 unspecified atom stereocenters. The molecule has 0 saturated heterocycles. The Kier molecular flexibility index (Phi) is 3.03. The maximum Gasteiger partial charge on any atom is 0.00439 e. The number of rotatable bonds is 3. The topological polar surface area (TPSA) is 12.0 Å². The first kappa shape index (κ1) is 10.3. The van der Waals surface area contributed by atoms with E-state index in [-0.39, 0.29) is 0 Å². The Bertz CT molecular complexity index is 272. The Morgan fingerprint density at radius 3 is 2.71 bits per heavy atom. The average Bonchev–Trinajstić information content (AvgIpc) is 2.75. The van der Waals surface area contributed by atoms with Crippen molar-refractivity contribution < 1.29 is 0 Å². The van der Waals surface area contributed by atoms with E-state index in [1.54, 1.807) is 17.5 Å². The van der Waals surface area contributed by atoms with E-state index in [1.807, 2.05) is 7.05 Å². The van der Waals surface area contributed by atoms with Crippen molar-refractivity contribution in [2.45, 2.75) is 39.0 Å². The summed E-state index contributed by atoms with van der Waals surface area (Å²) in [7, 11) is 1.99. The molecule has 0 aromatic rings. The fourth-order valence-corrected chi connectivity index (χ4v) is 3.18. The Morgan fingerprint density at radius 1 is 1.36 bits per heavy atom. The molecule has 0 aromatic carbocycles. The molecule has 1 nitrogen and oxygen atoms in total. The van der Waals surface area contributed by atoms with Gasteiger partial charge in [-0.2, -0.15) is 0 Å². The molecule has 0 amide bonds. The molecule has 78 valence electrons. The number of hydrogen-bond donors (Lipinski definition) is 1. The molecule has 0 bridgehead atoms. The van der Waals surface area contributed by atoms with Gasteiger partial charge in [0.25, 0.3) is 0 Å². The largest absolute Gasteiger partial charge is 0.263 e. The van der Waals surface area contributed by atoms with Crippen LogP contribution in [0.2, 0.25) is 0 Å². The normalized spacial score (nSPS) is 25.0. The fourth-order valence-electron chi connectivity index (χ4n) is 2.57. The lowest BCUT2D eigenvalue weighted by Crippen LogP contribution is -2.12. The van der Waals surface area contributed by atoms with Crippen molar-refractivity contribution in [1.82, 2.24) is 4.72 Å². The Labute approximate surface area is 91.2 Å². The molecule has 1 saturated carbocycles. The second-order valence-electron chi connectivity index (χ2n) is 4.55. The molecule has 1 N–H and O–H groups in total. The van der Waals surface area contributed by atoms with Gasteiger partial charge in [0.05, 0.1) is 0 Å². The standard InChI is InChI=1S/C12H19NS/c1-12(7-3-4-8-12)10-5-6-11(9-10)14-13-2/h5,9,13H,3-4,6-8H2,1-2H3. The molecule has 2 heteroatoms. The lowest BCUT2D eigenvalue weighted by atomic mass is 9.81. The zero-order valence-corrected chi connectivity index (χ0v) is 9.91. The Morgan fingerprint density at radius 2 is 2.07 bits per heavy atom. The summed E-state index contributed by atoms with van der Waals surface area (Å²) < 4.78 is 3.15. The minimum Gasteiger partial charge on any atom is -0.263 e. The molecular weight excluding hydrogens is 190 g/mol. The molecule has 0 aromatic heterocycles. The summed E-state index contributed by atoms with van der Waals surface area (Å²) in [6.07, 6.45) is 11.5. The Balaban J connectivity index is 2.06. The third kappa shape index (κ3) is 1.91. The van der Waals surface area contributed by atoms with Crippen LogP contribution in [0.5, 0.6) is 0 Å². The van der Waals surface area contributed by atoms with Crippen LogP contribution in [-0.2, 0) is 0 Å². The predicted octanol–water partition coefficient (Wildman–Crippen LogP) is 3.65. The maximum atomic E-state index is 3.15. The molecule has 2 rings (SSSR count). The fraction of sp³-hybridized carbons (Fsp3) is 0.667. The van der Waals surface area contributed by atoms with Crippen LogP contribution in [0.3, 0.4) is 0 Å². The summed E-state index contributed by atoms with van der Waals surface area (Å²) in [6, 6.07) is 0. The van der Waals surface area contributed by atoms with Crippen LogP contribution in [0.15, 0.2) is 22.6 Å². The minimum atomic E-state index is 0.496. The highest BCUT2D eigenvalue weighted by atomic mass is 32.2. The van der Waals surface area contributed by atoms with Crippen LogP contribution >= 0.6 is 11.9 Å². The van der Waals surface area contributed by atoms with Crippen LogP contribution in [0, 0.1) is 5.41 Å². The Hall–Kier alpha value is -0.210. The van der Waals surface area contributed by atoms with Gasteiger partial charge in [0.2, 0.25) is 0 Å². The van der Waals surface area contributed by atoms with E-state index in [9.17, 15) is 0 Å². The van der Waals surface area contributed by atoms with Crippen LogP contribution in [-0.4, -0.2) is 7.05 Å². The van der Waals surface area contributed by atoms with E-state index >= 15 is 0 Å². The molecule has 0 atom stereocenters. The second-order valence-corrected chi connectivity index (χ2v) is 5.68. The smallest absolute Gasteiger partial charge is 0.00439 e. The molecule has 0 spiro atoms. The van der Waals surface area contributed by atoms with E-state index in [2.05, 4.69) is 23.8 Å². The summed E-state index contributed by atoms with van der Waals surface area (Å²) in [5.41, 5.74) is 2.09. The van der Waals surface area contributed by atoms with E-state index in [0.29, 0.717) is 5.41 Å². The monoisotopic (exact) mass is 209 g/mol. The van der Waals surface area contributed by atoms with Gasteiger partial charge in [-0.25, -0.2) is 0 Å². The number of hydrogen-bond acceptors (Lipinski definition) is 2. The van der Waals surface area contributed by atoms with Gasteiger partial charge < -0.3 is 0 Å². The zero-order valence-electron chi connectivity index (χ0n) is 9.10. The van der Waals surface area contributed by atoms with Gasteiger partial charge in [-0.05, 0) is 55.3 Å². The first-order valence-corrected chi connectivity index (χ1v) is 6.31. The van der Waals surface area contributed by atoms with Crippen LogP contribution in [0.4, 0.5) is 0 Å². The molecule has 2 aliphatic carbocycles. The number of allylic oxidation sites excluding steroid dienone is 4. The highest BCUT2D eigenvalue weighted by molar-refractivity contribution is 8.01. The van der Waals surface area contributed by atoms with Crippen molar-refractivity contribution in [2.24, 2.45) is 5.41 Å². The summed E-state index contributed by atoms with van der Waals surface area (Å²) in [6.45, 7) is 2.43. The highest BCUT2D eigenvalue weighted by Crippen LogP contribution is 2.47. The first-order chi connectivity index (χ1) is 6.74. The molecule has 0 aliphatic heterocycles. The van der Waals surface area contributed by atoms with Crippen molar-refractivity contribution in [3.63, 3.8) is 0 Å². The molecule has 0 radical (unpaired) electrons. The third-order valence-corrected chi connectivity index (χ3v) is 4.23. The van der Waals surface area contributed by atoms with Gasteiger partial charge in [-0.3, -0.25) is 4.72 Å². The maximum absolute atomic E-state index is 3.15. The quantitative estimate of drug-likeness (QED) is 0.712. The summed E-state index contributed by atoms with van der Waals surface area (Å²) in [5.74, 6) is 0. The molecule has 14 heavy (non-hydrogen) atoms. The van der Waals surface area contributed by atoms with Gasteiger partial charge in [0.15, 0.2) is 0 Å². The number of nitrogens with one attached hydrogen (secondary N) is 1. The van der Waals surface area contributed by atoms with Crippen LogP contribution < -0.4 is 4.72 Å². The predicted molar refractivity (Wildman–Crippen MR) is 64.0 cm³/mol. The van der Waals surface area contributed by atoms with E-state index in [0.717, 1.165) is 6.42 Å². The summed E-state index contributed by atoms with van der Waals surface area (Å²) in [4.78, 5) is 1.47. The zero-order chi connectivity index (χ0) is 10.0. The summed E-state index contributed by atoms with van der Waals surface area (Å²) in [5, 5.41) is 0. The second kappa shape index (κ2) is 4.11. The molecule has 1 fully saturated rings. The van der Waals surface area contributed by atoms with Gasteiger partial charge in [-0.1, -0.05) is 25.8 Å². The van der Waals surface area contributed by atoms with Crippen molar-refractivity contribution in [1.29, 1.82) is 0 Å². The molecular formula is C12H19NS. The average molecular weight is 209 g/mol. The minimum absolute atomic E-state index is 0.496. The van der Waals surface area contributed by atoms with Gasteiger partial charge in [0, 0.05) is 4.91 Å². The SMILES string of the molecule is CNSC1=CC(C2(C)CCCC2)=CC1. The van der Waals surface area contributed by atoms with Crippen molar-refractivity contribution >= 4 is 11.9 Å². The summed E-state index contributed by atoms with van der Waals surface area (Å²) >= 11 is 1.76. The van der Waals surface area contributed by atoms with Gasteiger partial charge in [0.1, 0.15) is 0 Å². The lowest BCUT2D eigenvalue weighted by Gasteiger charge is -2.23. The van der Waals surface area contributed by atoms with E-state index in [4.69, 9.17) is 0 Å². The van der Waals surface area contributed by atoms with Crippen LogP contribution in [0.25, 0.3) is 0 Å². The van der Waals surface area contributed by atoms with Crippen molar-refractivity contribution in [2.75, 3.05) is 7.05 Å². The van der Waals surface area contributed by atoms with Crippen molar-refractivity contribution in [3.05, 3.63) is 22.6 Å². The highest BCUT2D eigenvalue weighted by Gasteiger charge is 2.32. The van der Waals surface area contributed by atoms with E-state index in [1.165, 1.54) is 30.6 Å².